The first-order valence-corrected chi connectivity index (χ1v) is 8.76. The first kappa shape index (κ1) is 18.2. The lowest BCUT2D eigenvalue weighted by Gasteiger charge is -2.23. The Morgan fingerprint density at radius 1 is 1.38 bits per heavy atom. The van der Waals surface area contributed by atoms with Gasteiger partial charge < -0.3 is 10.4 Å². The molecular weight excluding hydrogens is 328 g/mol. The zero-order valence-electron chi connectivity index (χ0n) is 13.8. The number of nitro benzene ring substituents is 1. The Morgan fingerprint density at radius 3 is 2.79 bits per heavy atom. The molecule has 2 aromatic rings. The van der Waals surface area contributed by atoms with E-state index >= 15 is 0 Å². The van der Waals surface area contributed by atoms with Gasteiger partial charge in [0.1, 0.15) is 5.82 Å². The zero-order chi connectivity index (χ0) is 17.7. The Balaban J connectivity index is 2.25. The van der Waals surface area contributed by atoms with E-state index in [4.69, 9.17) is 0 Å². The van der Waals surface area contributed by atoms with Gasteiger partial charge in [-0.1, -0.05) is 12.1 Å². The zero-order valence-corrected chi connectivity index (χ0v) is 14.6. The van der Waals surface area contributed by atoms with Crippen molar-refractivity contribution in [1.29, 1.82) is 0 Å². The molecule has 8 heteroatoms. The van der Waals surface area contributed by atoms with Crippen LogP contribution in [0.25, 0.3) is 11.4 Å². The Kier molecular flexibility index (Phi) is 5.74. The number of aryl methyl sites for hydroxylation is 1. The number of nitrogens with zero attached hydrogens (tertiary/aromatic N) is 3. The lowest BCUT2D eigenvalue weighted by atomic mass is 10.1. The van der Waals surface area contributed by atoms with Gasteiger partial charge in [-0.05, 0) is 20.1 Å². The molecule has 0 spiro atoms. The number of hydrogen-bond acceptors (Lipinski definition) is 7. The second kappa shape index (κ2) is 7.59. The van der Waals surface area contributed by atoms with Crippen molar-refractivity contribution in [1.82, 2.24) is 9.97 Å². The third kappa shape index (κ3) is 4.90. The van der Waals surface area contributed by atoms with Gasteiger partial charge in [0.25, 0.3) is 5.69 Å². The van der Waals surface area contributed by atoms with E-state index in [0.29, 0.717) is 29.5 Å². The molecule has 1 heterocycles. The average Bonchev–Trinajstić information content (AvgIpc) is 2.53. The highest BCUT2D eigenvalue weighted by Crippen LogP contribution is 2.23. The van der Waals surface area contributed by atoms with E-state index in [1.165, 1.54) is 12.1 Å². The van der Waals surface area contributed by atoms with Crippen LogP contribution < -0.4 is 5.32 Å². The van der Waals surface area contributed by atoms with Crippen LogP contribution in [-0.2, 0) is 0 Å². The van der Waals surface area contributed by atoms with Gasteiger partial charge >= 0.3 is 0 Å². The summed E-state index contributed by atoms with van der Waals surface area (Å²) < 4.78 is 0. The molecule has 1 aromatic carbocycles. The third-order valence-corrected chi connectivity index (χ3v) is 4.19. The lowest BCUT2D eigenvalue weighted by molar-refractivity contribution is -0.384. The number of thioether (sulfide) groups is 1. The van der Waals surface area contributed by atoms with Gasteiger partial charge in [-0.15, -0.1) is 0 Å². The Bertz CT molecular complexity index is 737. The van der Waals surface area contributed by atoms with Crippen LogP contribution in [0.3, 0.4) is 0 Å². The van der Waals surface area contributed by atoms with Crippen molar-refractivity contribution in [2.75, 3.05) is 23.9 Å². The Labute approximate surface area is 144 Å². The van der Waals surface area contributed by atoms with Crippen molar-refractivity contribution in [2.45, 2.75) is 19.4 Å². The van der Waals surface area contributed by atoms with Crippen LogP contribution in [0.2, 0.25) is 0 Å². The van der Waals surface area contributed by atoms with Crippen LogP contribution in [0, 0.1) is 17.0 Å². The Hall–Kier alpha value is -2.19. The summed E-state index contributed by atoms with van der Waals surface area (Å²) in [6.45, 7) is 3.93. The fourth-order valence-corrected chi connectivity index (χ4v) is 2.91. The number of non-ortho nitro benzene ring substituents is 1. The molecule has 7 nitrogen and oxygen atoms in total. The number of nitro groups is 1. The molecule has 128 valence electrons. The standard InChI is InChI=1S/C16H20N4O3S/c1-11-7-14(17-9-16(2,21)10-24-3)19-15(18-11)12-5-4-6-13(8-12)20(22)23/h4-8,21H,9-10H2,1-3H3,(H,17,18,19). The summed E-state index contributed by atoms with van der Waals surface area (Å²) in [6, 6.07) is 7.99. The molecule has 0 saturated heterocycles. The first-order chi connectivity index (χ1) is 11.3. The predicted octanol–water partition coefficient (Wildman–Crippen LogP) is 2.89. The van der Waals surface area contributed by atoms with Crippen LogP contribution in [0.4, 0.5) is 11.5 Å². The van der Waals surface area contributed by atoms with Gasteiger partial charge in [-0.3, -0.25) is 10.1 Å². The average molecular weight is 348 g/mol. The second-order valence-electron chi connectivity index (χ2n) is 5.81. The van der Waals surface area contributed by atoms with E-state index in [0.717, 1.165) is 5.69 Å². The maximum Gasteiger partial charge on any atom is 0.270 e. The summed E-state index contributed by atoms with van der Waals surface area (Å²) >= 11 is 1.56. The smallest absolute Gasteiger partial charge is 0.270 e. The number of nitrogens with one attached hydrogen (secondary N) is 1. The third-order valence-electron chi connectivity index (χ3n) is 3.28. The number of anilines is 1. The number of aromatic nitrogens is 2. The summed E-state index contributed by atoms with van der Waals surface area (Å²) in [7, 11) is 0. The molecular formula is C16H20N4O3S. The highest BCUT2D eigenvalue weighted by Gasteiger charge is 2.19. The summed E-state index contributed by atoms with van der Waals surface area (Å²) in [5.41, 5.74) is 0.449. The number of hydrogen-bond donors (Lipinski definition) is 2. The van der Waals surface area contributed by atoms with Crippen LogP contribution in [0.15, 0.2) is 30.3 Å². The monoisotopic (exact) mass is 348 g/mol. The van der Waals surface area contributed by atoms with Gasteiger partial charge in [-0.25, -0.2) is 9.97 Å². The quantitative estimate of drug-likeness (QED) is 0.586. The molecule has 0 aliphatic heterocycles. The number of benzene rings is 1. The molecule has 0 fully saturated rings. The molecule has 1 aromatic heterocycles. The first-order valence-electron chi connectivity index (χ1n) is 7.36. The SMILES string of the molecule is CSCC(C)(O)CNc1cc(C)nc(-c2cccc([N+](=O)[O-])c2)n1. The lowest BCUT2D eigenvalue weighted by Crippen LogP contribution is -2.36. The van der Waals surface area contributed by atoms with Crippen molar-refractivity contribution in [3.8, 4) is 11.4 Å². The van der Waals surface area contributed by atoms with Crippen LogP contribution in [0.5, 0.6) is 0 Å². The van der Waals surface area contributed by atoms with Gasteiger partial charge in [0.2, 0.25) is 0 Å². The van der Waals surface area contributed by atoms with Gasteiger partial charge in [-0.2, -0.15) is 11.8 Å². The number of aliphatic hydroxyl groups is 1. The summed E-state index contributed by atoms with van der Waals surface area (Å²) in [4.78, 5) is 19.2. The minimum Gasteiger partial charge on any atom is -0.387 e. The van der Waals surface area contributed by atoms with E-state index in [-0.39, 0.29) is 5.69 Å². The predicted molar refractivity (Wildman–Crippen MR) is 96.4 cm³/mol. The van der Waals surface area contributed by atoms with Gasteiger partial charge in [0.05, 0.1) is 10.5 Å². The normalized spacial score (nSPS) is 13.3. The van der Waals surface area contributed by atoms with Crippen molar-refractivity contribution in [3.63, 3.8) is 0 Å². The van der Waals surface area contributed by atoms with Crippen LogP contribution in [0.1, 0.15) is 12.6 Å². The maximum absolute atomic E-state index is 10.9. The molecule has 24 heavy (non-hydrogen) atoms. The molecule has 0 bridgehead atoms. The summed E-state index contributed by atoms with van der Waals surface area (Å²) in [6.07, 6.45) is 1.93. The minimum atomic E-state index is -0.857. The summed E-state index contributed by atoms with van der Waals surface area (Å²) in [5, 5.41) is 24.3. The van der Waals surface area contributed by atoms with E-state index in [9.17, 15) is 15.2 Å². The molecule has 2 N–H and O–H groups in total. The minimum absolute atomic E-state index is 0.00461. The van der Waals surface area contributed by atoms with E-state index in [2.05, 4.69) is 15.3 Å². The van der Waals surface area contributed by atoms with Crippen LogP contribution >= 0.6 is 11.8 Å². The molecule has 0 aliphatic rings. The van der Waals surface area contributed by atoms with E-state index in [1.807, 2.05) is 13.2 Å². The highest BCUT2D eigenvalue weighted by molar-refractivity contribution is 7.98. The highest BCUT2D eigenvalue weighted by atomic mass is 32.2. The van der Waals surface area contributed by atoms with E-state index < -0.39 is 10.5 Å². The molecule has 0 radical (unpaired) electrons. The fraction of sp³-hybridized carbons (Fsp3) is 0.375. The number of rotatable bonds is 7. The van der Waals surface area contributed by atoms with Crippen molar-refractivity contribution in [2.24, 2.45) is 0 Å². The second-order valence-corrected chi connectivity index (χ2v) is 6.68. The van der Waals surface area contributed by atoms with Crippen LogP contribution in [-0.4, -0.2) is 44.2 Å². The topological polar surface area (TPSA) is 101 Å². The Morgan fingerprint density at radius 2 is 2.12 bits per heavy atom. The molecule has 0 saturated carbocycles. The summed E-state index contributed by atoms with van der Waals surface area (Å²) in [5.74, 6) is 1.58. The van der Waals surface area contributed by atoms with Gasteiger partial charge in [0.15, 0.2) is 5.82 Å². The van der Waals surface area contributed by atoms with E-state index in [1.54, 1.807) is 36.9 Å². The molecule has 1 atom stereocenters. The van der Waals surface area contributed by atoms with Crippen molar-refractivity contribution >= 4 is 23.3 Å². The maximum atomic E-state index is 10.9. The van der Waals surface area contributed by atoms with Crippen molar-refractivity contribution < 1.29 is 10.0 Å². The largest absolute Gasteiger partial charge is 0.387 e. The molecule has 1 unspecified atom stereocenters. The van der Waals surface area contributed by atoms with Gasteiger partial charge in [0, 0.05) is 41.8 Å². The molecule has 0 amide bonds. The molecule has 0 aliphatic carbocycles. The van der Waals surface area contributed by atoms with Crippen molar-refractivity contribution in [3.05, 3.63) is 46.1 Å². The molecule has 2 rings (SSSR count). The fourth-order valence-electron chi connectivity index (χ4n) is 2.19.